The summed E-state index contributed by atoms with van der Waals surface area (Å²) in [6, 6.07) is 3.05. The number of aliphatic carboxylic acids is 1. The highest BCUT2D eigenvalue weighted by molar-refractivity contribution is 7.12. The highest BCUT2D eigenvalue weighted by Crippen LogP contribution is 2.16. The summed E-state index contributed by atoms with van der Waals surface area (Å²) in [7, 11) is 0. The fourth-order valence-corrected chi connectivity index (χ4v) is 2.53. The third kappa shape index (κ3) is 4.14. The molecular weight excluding hydrogens is 250 g/mol. The van der Waals surface area contributed by atoms with Gasteiger partial charge in [-0.15, -0.1) is 11.3 Å². The number of carbonyl (C=O) groups is 2. The summed E-state index contributed by atoms with van der Waals surface area (Å²) >= 11 is 1.56. The normalized spacial score (nSPS) is 13.9. The van der Waals surface area contributed by atoms with Gasteiger partial charge in [-0.25, -0.2) is 4.79 Å². The van der Waals surface area contributed by atoms with Crippen LogP contribution in [-0.2, 0) is 16.0 Å². The zero-order chi connectivity index (χ0) is 13.7. The number of nitrogens with one attached hydrogen (secondary N) is 1. The van der Waals surface area contributed by atoms with Crippen LogP contribution in [0.1, 0.15) is 30.0 Å². The molecule has 0 saturated carbocycles. The van der Waals surface area contributed by atoms with Gasteiger partial charge in [-0.3, -0.25) is 4.79 Å². The summed E-state index contributed by atoms with van der Waals surface area (Å²) in [5, 5.41) is 11.7. The molecule has 0 aliphatic carbocycles. The molecule has 1 rings (SSSR count). The average Bonchev–Trinajstić information content (AvgIpc) is 2.70. The van der Waals surface area contributed by atoms with Crippen molar-refractivity contribution < 1.29 is 14.7 Å². The molecule has 2 N–H and O–H groups in total. The molecular formula is C13H19NO3S. The first-order valence-corrected chi connectivity index (χ1v) is 6.83. The van der Waals surface area contributed by atoms with Gasteiger partial charge in [0.25, 0.3) is 0 Å². The maximum Gasteiger partial charge on any atom is 0.326 e. The number of carboxylic acids is 1. The Bertz CT molecular complexity index is 428. The van der Waals surface area contributed by atoms with Crippen molar-refractivity contribution in [2.75, 3.05) is 0 Å². The molecule has 2 atom stereocenters. The van der Waals surface area contributed by atoms with E-state index >= 15 is 0 Å². The second kappa shape index (κ2) is 6.54. The van der Waals surface area contributed by atoms with Gasteiger partial charge in [0, 0.05) is 9.75 Å². The van der Waals surface area contributed by atoms with E-state index in [1.165, 1.54) is 0 Å². The fraction of sp³-hybridized carbons (Fsp3) is 0.538. The predicted octanol–water partition coefficient (Wildman–Crippen LogP) is 2.21. The molecule has 2 unspecified atom stereocenters. The SMILES string of the molecule is CCC(C)C(NC(=O)Cc1ccc(C)s1)C(=O)O. The van der Waals surface area contributed by atoms with E-state index in [9.17, 15) is 9.59 Å². The summed E-state index contributed by atoms with van der Waals surface area (Å²) in [6.45, 7) is 5.72. The molecule has 4 nitrogen and oxygen atoms in total. The molecule has 18 heavy (non-hydrogen) atoms. The Morgan fingerprint density at radius 3 is 2.56 bits per heavy atom. The molecule has 0 spiro atoms. The van der Waals surface area contributed by atoms with Gasteiger partial charge in [-0.2, -0.15) is 0 Å². The second-order valence-corrected chi connectivity index (χ2v) is 5.83. The molecule has 1 amide bonds. The Hall–Kier alpha value is -1.36. The maximum atomic E-state index is 11.8. The first kappa shape index (κ1) is 14.7. The summed E-state index contributed by atoms with van der Waals surface area (Å²) in [6.07, 6.45) is 0.966. The largest absolute Gasteiger partial charge is 0.480 e. The van der Waals surface area contributed by atoms with Crippen molar-refractivity contribution >= 4 is 23.2 Å². The lowest BCUT2D eigenvalue weighted by molar-refractivity contribution is -0.143. The monoisotopic (exact) mass is 269 g/mol. The van der Waals surface area contributed by atoms with E-state index in [2.05, 4.69) is 5.32 Å². The van der Waals surface area contributed by atoms with Crippen LogP contribution in [0.3, 0.4) is 0 Å². The van der Waals surface area contributed by atoms with E-state index in [4.69, 9.17) is 5.11 Å². The Labute approximate surface area is 111 Å². The van der Waals surface area contributed by atoms with Crippen molar-refractivity contribution in [1.82, 2.24) is 5.32 Å². The molecule has 0 aliphatic heterocycles. The number of carbonyl (C=O) groups excluding carboxylic acids is 1. The lowest BCUT2D eigenvalue weighted by Gasteiger charge is -2.19. The number of hydrogen-bond acceptors (Lipinski definition) is 3. The van der Waals surface area contributed by atoms with Crippen LogP contribution < -0.4 is 5.32 Å². The Balaban J connectivity index is 2.59. The molecule has 1 aromatic rings. The van der Waals surface area contributed by atoms with Gasteiger partial charge in [0.2, 0.25) is 5.91 Å². The summed E-state index contributed by atoms with van der Waals surface area (Å²) < 4.78 is 0. The second-order valence-electron chi connectivity index (χ2n) is 4.46. The average molecular weight is 269 g/mol. The van der Waals surface area contributed by atoms with Gasteiger partial charge in [-0.1, -0.05) is 20.3 Å². The zero-order valence-electron chi connectivity index (χ0n) is 10.9. The Kier molecular flexibility index (Phi) is 5.34. The molecule has 0 bridgehead atoms. The highest BCUT2D eigenvalue weighted by atomic mass is 32.1. The van der Waals surface area contributed by atoms with Crippen molar-refractivity contribution in [2.24, 2.45) is 5.92 Å². The smallest absolute Gasteiger partial charge is 0.326 e. The standard InChI is InChI=1S/C13H19NO3S/c1-4-8(2)12(13(16)17)14-11(15)7-10-6-5-9(3)18-10/h5-6,8,12H,4,7H2,1-3H3,(H,14,15)(H,16,17). The minimum absolute atomic E-state index is 0.0727. The van der Waals surface area contributed by atoms with E-state index in [1.807, 2.05) is 32.9 Å². The third-order valence-corrected chi connectivity index (χ3v) is 3.93. The first-order chi connectivity index (χ1) is 8.43. The predicted molar refractivity (Wildman–Crippen MR) is 71.8 cm³/mol. The van der Waals surface area contributed by atoms with Crippen LogP contribution in [0.15, 0.2) is 12.1 Å². The molecule has 0 fully saturated rings. The lowest BCUT2D eigenvalue weighted by atomic mass is 9.99. The maximum absolute atomic E-state index is 11.8. The van der Waals surface area contributed by atoms with Gasteiger partial charge in [-0.05, 0) is 25.0 Å². The van der Waals surface area contributed by atoms with E-state index in [0.717, 1.165) is 16.2 Å². The van der Waals surface area contributed by atoms with Crippen molar-refractivity contribution in [3.63, 3.8) is 0 Å². The number of amides is 1. The number of carboxylic acid groups (broad SMARTS) is 1. The summed E-state index contributed by atoms with van der Waals surface area (Å²) in [5.41, 5.74) is 0. The first-order valence-electron chi connectivity index (χ1n) is 6.01. The van der Waals surface area contributed by atoms with E-state index in [1.54, 1.807) is 11.3 Å². The van der Waals surface area contributed by atoms with Crippen LogP contribution in [0.5, 0.6) is 0 Å². The summed E-state index contributed by atoms with van der Waals surface area (Å²) in [5.74, 6) is -1.28. The van der Waals surface area contributed by atoms with Gasteiger partial charge < -0.3 is 10.4 Å². The number of rotatable bonds is 6. The molecule has 0 saturated heterocycles. The van der Waals surface area contributed by atoms with Gasteiger partial charge in [0.15, 0.2) is 0 Å². The van der Waals surface area contributed by atoms with E-state index < -0.39 is 12.0 Å². The minimum Gasteiger partial charge on any atom is -0.480 e. The molecule has 100 valence electrons. The molecule has 1 heterocycles. The number of thiophene rings is 1. The lowest BCUT2D eigenvalue weighted by Crippen LogP contribution is -2.45. The zero-order valence-corrected chi connectivity index (χ0v) is 11.7. The van der Waals surface area contributed by atoms with Crippen LogP contribution in [0.25, 0.3) is 0 Å². The van der Waals surface area contributed by atoms with Crippen LogP contribution >= 0.6 is 11.3 Å². The van der Waals surface area contributed by atoms with Gasteiger partial charge in [0.1, 0.15) is 6.04 Å². The quantitative estimate of drug-likeness (QED) is 0.832. The molecule has 0 aliphatic rings. The number of hydrogen-bond donors (Lipinski definition) is 2. The number of aryl methyl sites for hydroxylation is 1. The van der Waals surface area contributed by atoms with E-state index in [0.29, 0.717) is 0 Å². The van der Waals surface area contributed by atoms with Crippen molar-refractivity contribution in [3.8, 4) is 0 Å². The summed E-state index contributed by atoms with van der Waals surface area (Å²) in [4.78, 5) is 25.0. The molecule has 5 heteroatoms. The van der Waals surface area contributed by atoms with E-state index in [-0.39, 0.29) is 18.2 Å². The van der Waals surface area contributed by atoms with Crippen molar-refractivity contribution in [3.05, 3.63) is 21.9 Å². The third-order valence-electron chi connectivity index (χ3n) is 2.93. The Morgan fingerprint density at radius 2 is 2.11 bits per heavy atom. The molecule has 1 aromatic heterocycles. The van der Waals surface area contributed by atoms with Crippen LogP contribution in [0.4, 0.5) is 0 Å². The molecule has 0 radical (unpaired) electrons. The highest BCUT2D eigenvalue weighted by Gasteiger charge is 2.25. The van der Waals surface area contributed by atoms with Gasteiger partial charge in [0.05, 0.1) is 6.42 Å². The molecule has 0 aromatic carbocycles. The van der Waals surface area contributed by atoms with Gasteiger partial charge >= 0.3 is 5.97 Å². The van der Waals surface area contributed by atoms with Crippen LogP contribution in [0, 0.1) is 12.8 Å². The fourth-order valence-electron chi connectivity index (χ4n) is 1.65. The minimum atomic E-state index is -0.972. The van der Waals surface area contributed by atoms with Crippen molar-refractivity contribution in [1.29, 1.82) is 0 Å². The van der Waals surface area contributed by atoms with Crippen molar-refractivity contribution in [2.45, 2.75) is 39.7 Å². The Morgan fingerprint density at radius 1 is 1.44 bits per heavy atom. The van der Waals surface area contributed by atoms with Crippen LogP contribution in [-0.4, -0.2) is 23.0 Å². The topological polar surface area (TPSA) is 66.4 Å². The van der Waals surface area contributed by atoms with Crippen LogP contribution in [0.2, 0.25) is 0 Å².